The standard InChI is InChI=1S/C27H26ClN3O5/c1-14-17(4-8-24(33)36-25(34)9-5-18-12-30-23(13-32)15(18)2)11-29-22(14)10-19-26-16(3)20(28)6-7-21(26)31-27(19)35/h6-7,10-13,29-30H,4-5,8-9H2,1-3H3,(H,31,35). The number of aldehydes is 1. The number of H-pyrrole nitrogens is 2. The van der Waals surface area contributed by atoms with Gasteiger partial charge in [0.25, 0.3) is 5.91 Å². The summed E-state index contributed by atoms with van der Waals surface area (Å²) in [5, 5.41) is 3.44. The molecule has 0 fully saturated rings. The van der Waals surface area contributed by atoms with Gasteiger partial charge in [-0.15, -0.1) is 0 Å². The maximum absolute atomic E-state index is 12.6. The van der Waals surface area contributed by atoms with E-state index in [4.69, 9.17) is 16.3 Å². The van der Waals surface area contributed by atoms with Crippen LogP contribution in [-0.2, 0) is 32.0 Å². The second-order valence-electron chi connectivity index (χ2n) is 8.78. The van der Waals surface area contributed by atoms with Crippen LogP contribution in [0.15, 0.2) is 24.5 Å². The van der Waals surface area contributed by atoms with Crippen molar-refractivity contribution in [3.63, 3.8) is 0 Å². The lowest BCUT2D eigenvalue weighted by atomic mass is 9.99. The monoisotopic (exact) mass is 507 g/mol. The largest absolute Gasteiger partial charge is 0.393 e. The van der Waals surface area contributed by atoms with Gasteiger partial charge in [-0.1, -0.05) is 11.6 Å². The highest BCUT2D eigenvalue weighted by Gasteiger charge is 2.27. The second-order valence-corrected chi connectivity index (χ2v) is 9.18. The summed E-state index contributed by atoms with van der Waals surface area (Å²) in [6, 6.07) is 3.54. The van der Waals surface area contributed by atoms with Gasteiger partial charge in [-0.3, -0.25) is 19.2 Å². The Balaban J connectivity index is 1.36. The molecular weight excluding hydrogens is 482 g/mol. The molecule has 0 saturated carbocycles. The van der Waals surface area contributed by atoms with Crippen molar-refractivity contribution in [1.82, 2.24) is 9.97 Å². The number of ether oxygens (including phenoxy) is 1. The van der Waals surface area contributed by atoms with Gasteiger partial charge in [-0.05, 0) is 79.6 Å². The van der Waals surface area contributed by atoms with Gasteiger partial charge in [0.2, 0.25) is 0 Å². The molecule has 3 aromatic rings. The van der Waals surface area contributed by atoms with Crippen molar-refractivity contribution in [3.05, 3.63) is 74.3 Å². The van der Waals surface area contributed by atoms with Gasteiger partial charge >= 0.3 is 11.9 Å². The predicted molar refractivity (Wildman–Crippen MR) is 137 cm³/mol. The van der Waals surface area contributed by atoms with Crippen molar-refractivity contribution in [2.24, 2.45) is 0 Å². The SMILES string of the molecule is Cc1c(CCC(=O)OC(=O)CCc2c[nH]c(C=C3C(=O)Nc4ccc(Cl)c(C)c43)c2C)c[nH]c1C=O. The maximum atomic E-state index is 12.6. The van der Waals surface area contributed by atoms with Crippen molar-refractivity contribution in [1.29, 1.82) is 0 Å². The van der Waals surface area contributed by atoms with Crippen molar-refractivity contribution in [2.75, 3.05) is 5.32 Å². The number of fused-ring (bicyclic) bond motifs is 1. The van der Waals surface area contributed by atoms with Crippen molar-refractivity contribution in [3.8, 4) is 0 Å². The molecule has 0 aliphatic carbocycles. The Morgan fingerprint density at radius 3 is 2.08 bits per heavy atom. The highest BCUT2D eigenvalue weighted by molar-refractivity contribution is 6.37. The Bertz CT molecular complexity index is 1410. The molecule has 3 N–H and O–H groups in total. The number of hydrogen-bond donors (Lipinski definition) is 3. The lowest BCUT2D eigenvalue weighted by Crippen LogP contribution is -2.13. The van der Waals surface area contributed by atoms with Gasteiger partial charge < -0.3 is 20.0 Å². The minimum absolute atomic E-state index is 0.0383. The first kappa shape index (κ1) is 25.2. The fourth-order valence-electron chi connectivity index (χ4n) is 4.33. The van der Waals surface area contributed by atoms with Crippen LogP contribution in [0.5, 0.6) is 0 Å². The van der Waals surface area contributed by atoms with E-state index in [9.17, 15) is 19.2 Å². The molecule has 9 heteroatoms. The second kappa shape index (κ2) is 10.4. The molecule has 0 unspecified atom stereocenters. The molecule has 1 aromatic carbocycles. The van der Waals surface area contributed by atoms with E-state index in [2.05, 4.69) is 15.3 Å². The number of nitrogens with one attached hydrogen (secondary N) is 3. The van der Waals surface area contributed by atoms with Crippen LogP contribution in [0, 0.1) is 20.8 Å². The molecule has 8 nitrogen and oxygen atoms in total. The Morgan fingerprint density at radius 1 is 0.917 bits per heavy atom. The molecule has 0 spiro atoms. The van der Waals surface area contributed by atoms with E-state index in [0.717, 1.165) is 51.0 Å². The van der Waals surface area contributed by atoms with Gasteiger partial charge in [-0.25, -0.2) is 0 Å². The molecule has 2 aromatic heterocycles. The van der Waals surface area contributed by atoms with Gasteiger partial charge in [0.1, 0.15) is 0 Å². The minimum atomic E-state index is -0.607. The van der Waals surface area contributed by atoms with E-state index in [1.165, 1.54) is 0 Å². The summed E-state index contributed by atoms with van der Waals surface area (Å²) in [6.07, 6.45) is 6.80. The number of aromatic amines is 2. The number of aryl methyl sites for hydroxylation is 2. The van der Waals surface area contributed by atoms with Crippen LogP contribution in [0.1, 0.15) is 62.4 Å². The molecule has 1 aliphatic rings. The number of amides is 1. The molecule has 0 bridgehead atoms. The Labute approximate surface area is 213 Å². The van der Waals surface area contributed by atoms with E-state index in [1.807, 2.05) is 13.8 Å². The van der Waals surface area contributed by atoms with Crippen molar-refractivity contribution >= 4 is 53.1 Å². The van der Waals surface area contributed by atoms with E-state index in [0.29, 0.717) is 29.1 Å². The Kier molecular flexibility index (Phi) is 7.26. The molecule has 1 amide bonds. The Morgan fingerprint density at radius 2 is 1.50 bits per heavy atom. The topological polar surface area (TPSA) is 121 Å². The van der Waals surface area contributed by atoms with E-state index in [-0.39, 0.29) is 18.7 Å². The van der Waals surface area contributed by atoms with Crippen molar-refractivity contribution in [2.45, 2.75) is 46.5 Å². The molecule has 1 aliphatic heterocycles. The minimum Gasteiger partial charge on any atom is -0.393 e. The molecule has 0 radical (unpaired) electrons. The maximum Gasteiger partial charge on any atom is 0.313 e. The van der Waals surface area contributed by atoms with Crippen LogP contribution in [0.2, 0.25) is 5.02 Å². The van der Waals surface area contributed by atoms with E-state index < -0.39 is 11.9 Å². The number of aromatic nitrogens is 2. The molecule has 186 valence electrons. The summed E-state index contributed by atoms with van der Waals surface area (Å²) in [5.41, 5.74) is 7.48. The van der Waals surface area contributed by atoms with Crippen LogP contribution >= 0.6 is 11.6 Å². The van der Waals surface area contributed by atoms with Gasteiger partial charge in [0.15, 0.2) is 6.29 Å². The zero-order valence-electron chi connectivity index (χ0n) is 20.2. The predicted octanol–water partition coefficient (Wildman–Crippen LogP) is 4.86. The van der Waals surface area contributed by atoms with Gasteiger partial charge in [0.05, 0.1) is 24.1 Å². The number of rotatable bonds is 8. The van der Waals surface area contributed by atoms with Gasteiger partial charge in [-0.2, -0.15) is 0 Å². The molecule has 0 saturated heterocycles. The molecule has 36 heavy (non-hydrogen) atoms. The van der Waals surface area contributed by atoms with Crippen molar-refractivity contribution < 1.29 is 23.9 Å². The zero-order chi connectivity index (χ0) is 26.0. The zero-order valence-corrected chi connectivity index (χ0v) is 21.0. The number of carbonyl (C=O) groups is 4. The number of hydrogen-bond acceptors (Lipinski definition) is 5. The summed E-state index contributed by atoms with van der Waals surface area (Å²) in [5.74, 6) is -1.41. The lowest BCUT2D eigenvalue weighted by molar-refractivity contribution is -0.159. The molecule has 0 atom stereocenters. The molecule has 4 rings (SSSR count). The normalized spacial score (nSPS) is 13.6. The summed E-state index contributed by atoms with van der Waals surface area (Å²) in [4.78, 5) is 53.8. The average molecular weight is 508 g/mol. The van der Waals surface area contributed by atoms with Crippen LogP contribution in [0.25, 0.3) is 11.6 Å². The summed E-state index contributed by atoms with van der Waals surface area (Å²) in [6.45, 7) is 5.57. The first-order valence-electron chi connectivity index (χ1n) is 11.5. The average Bonchev–Trinajstić information content (AvgIpc) is 3.49. The molecular formula is C27H26ClN3O5. The van der Waals surface area contributed by atoms with E-state index in [1.54, 1.807) is 37.5 Å². The fraction of sp³-hybridized carbons (Fsp3) is 0.259. The number of benzene rings is 1. The third-order valence-electron chi connectivity index (χ3n) is 6.57. The summed E-state index contributed by atoms with van der Waals surface area (Å²) >= 11 is 6.26. The highest BCUT2D eigenvalue weighted by atomic mass is 35.5. The molecule has 3 heterocycles. The van der Waals surface area contributed by atoms with E-state index >= 15 is 0 Å². The number of halogens is 1. The third-order valence-corrected chi connectivity index (χ3v) is 6.98. The lowest BCUT2D eigenvalue weighted by Gasteiger charge is -2.06. The number of esters is 2. The quantitative estimate of drug-likeness (QED) is 0.174. The van der Waals surface area contributed by atoms with Crippen LogP contribution in [0.3, 0.4) is 0 Å². The number of carbonyl (C=O) groups excluding carboxylic acids is 4. The Hall–Kier alpha value is -3.91. The number of anilines is 1. The smallest absolute Gasteiger partial charge is 0.313 e. The van der Waals surface area contributed by atoms with Crippen LogP contribution < -0.4 is 5.32 Å². The first-order valence-corrected chi connectivity index (χ1v) is 11.9. The van der Waals surface area contributed by atoms with Crippen LogP contribution in [0.4, 0.5) is 5.69 Å². The summed E-state index contributed by atoms with van der Waals surface area (Å²) < 4.78 is 4.95. The van der Waals surface area contributed by atoms with Gasteiger partial charge in [0, 0.05) is 34.4 Å². The fourth-order valence-corrected chi connectivity index (χ4v) is 4.48. The third kappa shape index (κ3) is 5.04. The first-order chi connectivity index (χ1) is 17.2. The summed E-state index contributed by atoms with van der Waals surface area (Å²) in [7, 11) is 0. The van der Waals surface area contributed by atoms with Crippen LogP contribution in [-0.4, -0.2) is 34.1 Å². The highest BCUT2D eigenvalue weighted by Crippen LogP contribution is 2.38.